The molecule has 19 aromatic rings. The van der Waals surface area contributed by atoms with Crippen molar-refractivity contribution in [1.82, 2.24) is 71.4 Å². The van der Waals surface area contributed by atoms with Crippen molar-refractivity contribution in [2.45, 2.75) is 85.5 Å². The van der Waals surface area contributed by atoms with Gasteiger partial charge >= 0.3 is 0 Å². The van der Waals surface area contributed by atoms with E-state index < -0.39 is 34.9 Å². The number of nitrogens with zero attached hydrogens (tertiary/aromatic N) is 7. The molecule has 0 saturated heterocycles. The zero-order chi connectivity index (χ0) is 107. The molecule has 764 valence electrons. The lowest BCUT2D eigenvalue weighted by Gasteiger charge is -2.08. The number of phenolic OH excluding ortho intramolecular Hbond substituents is 7. The molecule has 0 spiro atoms. The third kappa shape index (κ3) is 27.3. The van der Waals surface area contributed by atoms with E-state index in [-0.39, 0.29) is 96.5 Å². The Labute approximate surface area is 886 Å². The molecule has 0 atom stereocenters. The van der Waals surface area contributed by atoms with Crippen molar-refractivity contribution in [2.75, 3.05) is 34.4 Å². The minimum atomic E-state index is -0.581. The molecule has 0 radical (unpaired) electrons. The number of aromatic amines is 7. The van der Waals surface area contributed by atoms with Crippen molar-refractivity contribution in [2.24, 2.45) is 0 Å². The molecule has 0 bridgehead atoms. The van der Waals surface area contributed by atoms with Crippen molar-refractivity contribution in [3.8, 4) is 153 Å². The number of aryl methyl sites for hydroxylation is 3. The average molecular weight is 2280 g/mol. The van der Waals surface area contributed by atoms with E-state index in [0.717, 1.165) is 178 Å². The highest BCUT2D eigenvalue weighted by Crippen LogP contribution is 2.45. The van der Waals surface area contributed by atoms with Crippen LogP contribution in [0.1, 0.15) is 110 Å². The molecule has 0 aliphatic heterocycles. The largest absolute Gasteiger partial charge is 0.507 e. The molecule has 27 nitrogen and oxygen atoms in total. The van der Waals surface area contributed by atoms with Gasteiger partial charge in [0, 0.05) is 91.7 Å². The van der Waals surface area contributed by atoms with E-state index in [4.69, 9.17) is 34.4 Å². The first-order chi connectivity index (χ1) is 71.7. The highest BCUT2D eigenvalue weighted by atomic mass is 79.9. The van der Waals surface area contributed by atoms with Gasteiger partial charge in [-0.3, -0.25) is 35.7 Å². The highest BCUT2D eigenvalue weighted by Gasteiger charge is 2.26. The summed E-state index contributed by atoms with van der Waals surface area (Å²) in [5.74, 6) is -3.60. The molecule has 12 aromatic carbocycles. The number of allylic oxidation sites excluding steroid dienone is 1. The molecular formula is C112H104Br4F6N20O7. The maximum atomic E-state index is 13.9. The summed E-state index contributed by atoms with van der Waals surface area (Å²) in [7, 11) is 0. The van der Waals surface area contributed by atoms with Gasteiger partial charge in [0.15, 0.2) is 0 Å². The molecule has 7 aromatic heterocycles. The fraction of sp³-hybridized carbons (Fsp3) is 0.116. The summed E-state index contributed by atoms with van der Waals surface area (Å²) in [4.78, 5) is 0. The Hall–Kier alpha value is -16.8. The topological polar surface area (TPSA) is 498 Å². The molecule has 0 saturated carbocycles. The van der Waals surface area contributed by atoms with E-state index in [1.165, 1.54) is 48.5 Å². The number of H-pyrrole nitrogens is 7. The second-order valence-electron chi connectivity index (χ2n) is 33.6. The lowest BCUT2D eigenvalue weighted by Crippen LogP contribution is -1.96. The van der Waals surface area contributed by atoms with Crippen LogP contribution in [0.15, 0.2) is 279 Å². The predicted octanol–water partition coefficient (Wildman–Crippen LogP) is 27.9. The number of hydrogen-bond acceptors (Lipinski definition) is 20. The van der Waals surface area contributed by atoms with Crippen LogP contribution in [-0.2, 0) is 25.7 Å². The van der Waals surface area contributed by atoms with Crippen molar-refractivity contribution < 1.29 is 62.1 Å². The van der Waals surface area contributed by atoms with Gasteiger partial charge in [-0.25, -0.2) is 26.3 Å². The summed E-state index contributed by atoms with van der Waals surface area (Å²) in [6, 6.07) is 69.0. The van der Waals surface area contributed by atoms with Crippen LogP contribution in [0, 0.1) is 34.9 Å². The summed E-state index contributed by atoms with van der Waals surface area (Å²) in [6.07, 6.45) is 17.4. The number of aromatic hydroxyl groups is 7. The number of nitrogens with one attached hydrogen (secondary N) is 7. The maximum Gasteiger partial charge on any atom is 0.147 e. The summed E-state index contributed by atoms with van der Waals surface area (Å²) < 4.78 is 85.5. The van der Waals surface area contributed by atoms with Crippen molar-refractivity contribution in [3.05, 3.63) is 365 Å². The minimum Gasteiger partial charge on any atom is -0.507 e. The van der Waals surface area contributed by atoms with Crippen LogP contribution in [-0.4, -0.2) is 107 Å². The monoisotopic (exact) mass is 2270 g/mol. The second kappa shape index (κ2) is 51.3. The van der Waals surface area contributed by atoms with Gasteiger partial charge in [0.2, 0.25) is 0 Å². The van der Waals surface area contributed by atoms with Gasteiger partial charge in [-0.1, -0.05) is 239 Å². The van der Waals surface area contributed by atoms with Crippen LogP contribution in [0.25, 0.3) is 137 Å². The molecule has 149 heavy (non-hydrogen) atoms. The highest BCUT2D eigenvalue weighted by molar-refractivity contribution is 9.11. The maximum absolute atomic E-state index is 13.9. The zero-order valence-corrected chi connectivity index (χ0v) is 87.0. The number of halogens is 10. The average Bonchev–Trinajstić information content (AvgIpc) is 1.70. The molecule has 7 heterocycles. The van der Waals surface area contributed by atoms with E-state index in [1.807, 2.05) is 159 Å². The molecule has 0 unspecified atom stereocenters. The summed E-state index contributed by atoms with van der Waals surface area (Å²) >= 11 is 13.5. The Balaban J connectivity index is 0.000000145. The number of anilines is 6. The van der Waals surface area contributed by atoms with Crippen molar-refractivity contribution in [1.29, 1.82) is 0 Å². The van der Waals surface area contributed by atoms with Crippen molar-refractivity contribution in [3.63, 3.8) is 0 Å². The van der Waals surface area contributed by atoms with Crippen molar-refractivity contribution >= 4 is 122 Å². The number of unbranched alkanes of at least 4 members (excludes halogenated alkanes) is 1. The Bertz CT molecular complexity index is 7870. The lowest BCUT2D eigenvalue weighted by molar-refractivity contribution is 0.474. The fourth-order valence-electron chi connectivity index (χ4n) is 15.6. The van der Waals surface area contributed by atoms with Gasteiger partial charge in [-0.2, -0.15) is 35.7 Å². The summed E-state index contributed by atoms with van der Waals surface area (Å²) in [5, 5.41) is 119. The first-order valence-corrected chi connectivity index (χ1v) is 49.8. The molecule has 0 fully saturated rings. The SMILES string of the molecule is C=Cc1c(-c2c(O)ccc(F)c2N)n[nH]c1CCC.CCC/C=C\c1c(-c2c(O)ccc(F)c2N)n[nH]c1CCC.CCCc1[nH]nc(-c2c(O)ccc(F)c2N)c1/C=C/c1ccccc1.Nc1c(F)ccc(O)c1-c1cc(-c2ccc(Br)cc2)n[nH]1.Nc1c(F)ccc(O)c1-c1cc(Cc2ccc(Br)cc2)[nH]n1.Nc1cccc(O)c1-c1cc(-c2ccc(Br)cc2)n[nH]1.Oc1ccc(F)cc1-c1cc(-c2ccc(Br)cc2)n[nH]1. The number of phenols is 7. The van der Waals surface area contributed by atoms with E-state index in [2.05, 4.69) is 169 Å². The van der Waals surface area contributed by atoms with Crippen LogP contribution in [0.5, 0.6) is 40.2 Å². The normalized spacial score (nSPS) is 10.9. The summed E-state index contributed by atoms with van der Waals surface area (Å²) in [5.41, 5.74) is 53.4. The first kappa shape index (κ1) is 109. The second-order valence-corrected chi connectivity index (χ2v) is 37.2. The first-order valence-electron chi connectivity index (χ1n) is 46.6. The zero-order valence-electron chi connectivity index (χ0n) is 80.6. The third-order valence-corrected chi connectivity index (χ3v) is 25.2. The number of benzene rings is 12. The lowest BCUT2D eigenvalue weighted by atomic mass is 10.0. The summed E-state index contributed by atoms with van der Waals surface area (Å²) in [6.45, 7) is 12.0. The van der Waals surface area contributed by atoms with Gasteiger partial charge in [0.25, 0.3) is 0 Å². The standard InChI is InChI=1S/C20H20FN3O.C17H22FN3O.C16H13BrFN3O.C15H11BrFN3O.C15H10BrFN2O.C15H12BrN3O.C14H16FN3O/c1-2-6-16-14(10-9-13-7-4-3-5-8-13)20(24-23-16)18-17(25)12-11-15(21)19(18)22;1-3-5-6-8-11-13(7-4-2)20-21-17(11)15-14(22)10-9-12(18)16(15)19;17-10-3-1-9(2-4-10)7-11-8-13(21-20-11)15-14(22)6-5-12(18)16(15)19;16-9-3-1-8(2-4-9)11-7-12(20-19-11)14-13(21)6-5-10(17)15(14)18;16-10-3-1-9(2-4-10)13-8-14(19-18-13)12-7-11(17)5-6-15(12)20;16-10-6-4-9(5-7-10)12-8-13(19-18-12)15-11(17)2-1-3-14(15)20;1-3-5-10-8(4-2)14(18-17-10)12-11(19)7-6-9(15)13(12)16/h3-5,7-12,25H,2,6,22H2,1H3,(H,23,24);6,8-10,22H,3-5,7,19H2,1-2H3,(H,20,21);1-6,8,22H,7,19H2,(H,20,21);1-7,21H,18H2,(H,19,20);1-8,20H,(H,18,19);1-8,20H,17H2,(H,18,19);4,6-7,19H,2-3,5,16H2,1H3,(H,17,18)/b10-9+;8-6-;;;;;. The van der Waals surface area contributed by atoms with Gasteiger partial charge in [0.1, 0.15) is 92.2 Å². The predicted molar refractivity (Wildman–Crippen MR) is 594 cm³/mol. The Kier molecular flexibility index (Phi) is 37.7. The Morgan fingerprint density at radius 2 is 0.678 bits per heavy atom. The number of nitrogen functional groups attached to an aromatic ring is 6. The smallest absolute Gasteiger partial charge is 0.147 e. The minimum absolute atomic E-state index is 0.0115. The molecule has 0 amide bonds. The van der Waals surface area contributed by atoms with E-state index in [0.29, 0.717) is 68.8 Å². The molecule has 0 aliphatic rings. The van der Waals surface area contributed by atoms with Gasteiger partial charge in [0.05, 0.1) is 102 Å². The number of aromatic nitrogens is 14. The van der Waals surface area contributed by atoms with E-state index in [9.17, 15) is 62.1 Å². The van der Waals surface area contributed by atoms with Gasteiger partial charge in [-0.15, -0.1) is 0 Å². The van der Waals surface area contributed by atoms with Gasteiger partial charge < -0.3 is 70.1 Å². The molecule has 0 aliphatic carbocycles. The number of nitrogens with two attached hydrogens (primary N) is 6. The molecule has 19 rings (SSSR count). The fourth-order valence-corrected chi connectivity index (χ4v) is 16.7. The number of hydrogen-bond donors (Lipinski definition) is 20. The Morgan fingerprint density at radius 3 is 1.11 bits per heavy atom. The van der Waals surface area contributed by atoms with Crippen LogP contribution in [0.4, 0.5) is 60.5 Å². The van der Waals surface area contributed by atoms with Gasteiger partial charge in [-0.05, 0) is 201 Å². The Morgan fingerprint density at radius 1 is 0.315 bits per heavy atom. The van der Waals surface area contributed by atoms with E-state index >= 15 is 0 Å². The molecule has 26 N–H and O–H groups in total. The number of rotatable bonds is 24. The van der Waals surface area contributed by atoms with Crippen LogP contribution in [0.3, 0.4) is 0 Å². The molecular weight excluding hydrogens is 2170 g/mol. The van der Waals surface area contributed by atoms with Crippen LogP contribution < -0.4 is 34.4 Å². The van der Waals surface area contributed by atoms with Crippen LogP contribution >= 0.6 is 63.7 Å². The van der Waals surface area contributed by atoms with E-state index in [1.54, 1.807) is 42.5 Å². The quantitative estimate of drug-likeness (QED) is 0.0197. The van der Waals surface area contributed by atoms with Crippen LogP contribution in [0.2, 0.25) is 0 Å². The third-order valence-electron chi connectivity index (χ3n) is 23.1. The molecule has 37 heteroatoms.